The maximum absolute atomic E-state index is 12.5. The van der Waals surface area contributed by atoms with E-state index in [2.05, 4.69) is 25.5 Å². The van der Waals surface area contributed by atoms with E-state index in [0.717, 1.165) is 22.0 Å². The molecule has 1 unspecified atom stereocenters. The molecule has 0 saturated heterocycles. The van der Waals surface area contributed by atoms with Gasteiger partial charge in [0.2, 0.25) is 5.91 Å². The number of amides is 1. The number of anilines is 1. The van der Waals surface area contributed by atoms with Crippen LogP contribution in [0.15, 0.2) is 29.7 Å². The highest BCUT2D eigenvalue weighted by atomic mass is 32.2. The second-order valence-electron chi connectivity index (χ2n) is 5.70. The number of pyridine rings is 1. The molecule has 3 heterocycles. The van der Waals surface area contributed by atoms with Crippen molar-refractivity contribution in [2.24, 2.45) is 0 Å². The average molecular weight is 389 g/mol. The Morgan fingerprint density at radius 1 is 1.31 bits per heavy atom. The van der Waals surface area contributed by atoms with E-state index in [1.165, 1.54) is 23.1 Å². The third kappa shape index (κ3) is 3.94. The summed E-state index contributed by atoms with van der Waals surface area (Å²) in [5.74, 6) is 0.677. The highest BCUT2D eigenvalue weighted by Gasteiger charge is 2.21. The predicted molar refractivity (Wildman–Crippen MR) is 104 cm³/mol. The number of nitrogens with one attached hydrogen (secondary N) is 1. The molecule has 0 spiro atoms. The van der Waals surface area contributed by atoms with E-state index in [0.29, 0.717) is 16.8 Å². The number of hydrogen-bond acceptors (Lipinski definition) is 7. The molecule has 0 aliphatic heterocycles. The van der Waals surface area contributed by atoms with Gasteiger partial charge in [-0.3, -0.25) is 9.78 Å². The summed E-state index contributed by atoms with van der Waals surface area (Å²) in [5.41, 5.74) is 1.89. The molecule has 26 heavy (non-hydrogen) atoms. The van der Waals surface area contributed by atoms with Gasteiger partial charge in [0.15, 0.2) is 16.1 Å². The molecule has 0 saturated carbocycles. The lowest BCUT2D eigenvalue weighted by molar-refractivity contribution is -0.115. The monoisotopic (exact) mass is 388 g/mol. The van der Waals surface area contributed by atoms with Crippen LogP contribution in [-0.4, -0.2) is 35.9 Å². The van der Waals surface area contributed by atoms with Gasteiger partial charge in [-0.2, -0.15) is 0 Å². The number of nitrogens with zero attached hydrogens (tertiary/aromatic N) is 5. The highest BCUT2D eigenvalue weighted by Crippen LogP contribution is 2.28. The Bertz CT molecular complexity index is 886. The lowest BCUT2D eigenvalue weighted by Gasteiger charge is -2.11. The van der Waals surface area contributed by atoms with Crippen molar-refractivity contribution >= 4 is 34.1 Å². The van der Waals surface area contributed by atoms with Crippen LogP contribution in [0.25, 0.3) is 11.4 Å². The van der Waals surface area contributed by atoms with Gasteiger partial charge in [0, 0.05) is 29.4 Å². The van der Waals surface area contributed by atoms with E-state index in [4.69, 9.17) is 0 Å². The van der Waals surface area contributed by atoms with Gasteiger partial charge in [-0.15, -0.1) is 21.5 Å². The number of hydrogen-bond donors (Lipinski definition) is 1. The van der Waals surface area contributed by atoms with Gasteiger partial charge in [-0.25, -0.2) is 4.98 Å². The summed E-state index contributed by atoms with van der Waals surface area (Å²) in [7, 11) is 0. The van der Waals surface area contributed by atoms with Crippen molar-refractivity contribution < 1.29 is 4.79 Å². The summed E-state index contributed by atoms with van der Waals surface area (Å²) >= 11 is 2.87. The first-order valence-corrected chi connectivity index (χ1v) is 9.94. The molecule has 0 aromatic carbocycles. The zero-order valence-corrected chi connectivity index (χ0v) is 16.7. The van der Waals surface area contributed by atoms with E-state index in [-0.39, 0.29) is 11.2 Å². The van der Waals surface area contributed by atoms with Crippen LogP contribution in [0, 0.1) is 13.8 Å². The second kappa shape index (κ2) is 7.96. The maximum atomic E-state index is 12.5. The van der Waals surface area contributed by atoms with Crippen LogP contribution in [0.4, 0.5) is 5.13 Å². The van der Waals surface area contributed by atoms with Gasteiger partial charge in [0.25, 0.3) is 0 Å². The fraction of sp³-hybridized carbons (Fsp3) is 0.353. The third-order valence-electron chi connectivity index (χ3n) is 3.88. The van der Waals surface area contributed by atoms with Gasteiger partial charge in [0.05, 0.1) is 10.9 Å². The van der Waals surface area contributed by atoms with E-state index in [9.17, 15) is 4.79 Å². The van der Waals surface area contributed by atoms with Crippen molar-refractivity contribution in [3.8, 4) is 11.4 Å². The third-order valence-corrected chi connectivity index (χ3v) is 5.95. The number of thiazole rings is 1. The molecule has 3 aromatic heterocycles. The minimum atomic E-state index is -0.320. The molecule has 7 nitrogen and oxygen atoms in total. The van der Waals surface area contributed by atoms with Crippen molar-refractivity contribution in [3.63, 3.8) is 0 Å². The number of carbonyl (C=O) groups is 1. The predicted octanol–water partition coefficient (Wildman–Crippen LogP) is 3.55. The summed E-state index contributed by atoms with van der Waals surface area (Å²) in [4.78, 5) is 22.0. The number of aromatic nitrogens is 5. The van der Waals surface area contributed by atoms with Crippen molar-refractivity contribution in [3.05, 3.63) is 35.1 Å². The Hall–Kier alpha value is -2.26. The molecule has 0 fully saturated rings. The molecule has 0 radical (unpaired) electrons. The maximum Gasteiger partial charge on any atom is 0.239 e. The van der Waals surface area contributed by atoms with Crippen LogP contribution < -0.4 is 5.32 Å². The molecule has 0 aliphatic rings. The molecule has 0 aliphatic carbocycles. The number of rotatable bonds is 6. The zero-order valence-electron chi connectivity index (χ0n) is 15.1. The molecule has 1 N–H and O–H groups in total. The van der Waals surface area contributed by atoms with Crippen molar-refractivity contribution in [1.82, 2.24) is 24.7 Å². The quantitative estimate of drug-likeness (QED) is 0.650. The minimum absolute atomic E-state index is 0.0973. The molecule has 0 bridgehead atoms. The first kappa shape index (κ1) is 18.5. The van der Waals surface area contributed by atoms with Gasteiger partial charge in [-0.05, 0) is 39.8 Å². The van der Waals surface area contributed by atoms with Gasteiger partial charge >= 0.3 is 0 Å². The van der Waals surface area contributed by atoms with E-state index >= 15 is 0 Å². The van der Waals surface area contributed by atoms with Crippen LogP contribution in [0.1, 0.15) is 24.4 Å². The minimum Gasteiger partial charge on any atom is -0.302 e. The Morgan fingerprint density at radius 2 is 2.04 bits per heavy atom. The molecular formula is C17H20N6OS2. The van der Waals surface area contributed by atoms with Crippen molar-refractivity contribution in [1.29, 1.82) is 0 Å². The van der Waals surface area contributed by atoms with Crippen LogP contribution >= 0.6 is 23.1 Å². The Labute approximate surface area is 160 Å². The summed E-state index contributed by atoms with van der Waals surface area (Å²) < 4.78 is 2.00. The fourth-order valence-corrected chi connectivity index (χ4v) is 4.05. The molecule has 136 valence electrons. The van der Waals surface area contributed by atoms with Crippen LogP contribution in [0.5, 0.6) is 0 Å². The second-order valence-corrected chi connectivity index (χ2v) is 8.21. The Kier molecular flexibility index (Phi) is 5.67. The summed E-state index contributed by atoms with van der Waals surface area (Å²) in [5, 5.41) is 12.5. The standard InChI is InChI=1S/C17H20N6OS2/c1-5-23-14(13-6-8-18-9-7-13)21-22-17(23)26-12(4)15(24)20-16-19-10(2)11(3)25-16/h6-9,12H,5H2,1-4H3,(H,19,20,24). The van der Waals surface area contributed by atoms with E-state index in [1.807, 2.05) is 44.4 Å². The smallest absolute Gasteiger partial charge is 0.239 e. The Balaban J connectivity index is 1.73. The summed E-state index contributed by atoms with van der Waals surface area (Å²) in [6, 6.07) is 3.79. The molecular weight excluding hydrogens is 368 g/mol. The molecule has 3 aromatic rings. The topological polar surface area (TPSA) is 85.6 Å². The summed E-state index contributed by atoms with van der Waals surface area (Å²) in [6.45, 7) is 8.53. The number of carbonyl (C=O) groups excluding carboxylic acids is 1. The first-order valence-electron chi connectivity index (χ1n) is 8.24. The normalized spacial score (nSPS) is 12.2. The molecule has 9 heteroatoms. The SMILES string of the molecule is CCn1c(SC(C)C(=O)Nc2nc(C)c(C)s2)nnc1-c1ccncc1. The largest absolute Gasteiger partial charge is 0.302 e. The molecule has 1 atom stereocenters. The van der Waals surface area contributed by atoms with E-state index in [1.54, 1.807) is 12.4 Å². The average Bonchev–Trinajstić information content (AvgIpc) is 3.18. The fourth-order valence-electron chi connectivity index (χ4n) is 2.32. The van der Waals surface area contributed by atoms with Gasteiger partial charge in [0.1, 0.15) is 0 Å². The highest BCUT2D eigenvalue weighted by molar-refractivity contribution is 8.00. The van der Waals surface area contributed by atoms with Crippen molar-refractivity contribution in [2.75, 3.05) is 5.32 Å². The Morgan fingerprint density at radius 3 is 2.65 bits per heavy atom. The van der Waals surface area contributed by atoms with Gasteiger partial charge < -0.3 is 9.88 Å². The lowest BCUT2D eigenvalue weighted by atomic mass is 10.2. The number of aryl methyl sites for hydroxylation is 2. The van der Waals surface area contributed by atoms with Crippen LogP contribution in [0.2, 0.25) is 0 Å². The van der Waals surface area contributed by atoms with E-state index < -0.39 is 0 Å². The van der Waals surface area contributed by atoms with Crippen LogP contribution in [0.3, 0.4) is 0 Å². The first-order chi connectivity index (χ1) is 12.5. The zero-order chi connectivity index (χ0) is 18.7. The number of thioether (sulfide) groups is 1. The van der Waals surface area contributed by atoms with Crippen molar-refractivity contribution in [2.45, 2.75) is 44.6 Å². The van der Waals surface area contributed by atoms with Crippen LogP contribution in [-0.2, 0) is 11.3 Å². The van der Waals surface area contributed by atoms with Gasteiger partial charge in [-0.1, -0.05) is 11.8 Å². The summed E-state index contributed by atoms with van der Waals surface area (Å²) in [6.07, 6.45) is 3.45. The lowest BCUT2D eigenvalue weighted by Crippen LogP contribution is -2.22. The molecule has 1 amide bonds. The molecule has 3 rings (SSSR count).